The van der Waals surface area contributed by atoms with Crippen molar-refractivity contribution in [2.24, 2.45) is 0 Å². The van der Waals surface area contributed by atoms with Crippen LogP contribution in [0.1, 0.15) is 38.3 Å². The lowest BCUT2D eigenvalue weighted by atomic mass is 10.1. The number of aromatic nitrogens is 1. The highest BCUT2D eigenvalue weighted by Crippen LogP contribution is 2.36. The van der Waals surface area contributed by atoms with Gasteiger partial charge >= 0.3 is 0 Å². The molecule has 1 aromatic heterocycles. The van der Waals surface area contributed by atoms with Crippen LogP contribution in [0.15, 0.2) is 60.7 Å². The number of rotatable bonds is 8. The summed E-state index contributed by atoms with van der Waals surface area (Å²) in [5.41, 5.74) is 3.76. The van der Waals surface area contributed by atoms with E-state index in [-0.39, 0.29) is 0 Å². The van der Waals surface area contributed by atoms with Crippen molar-refractivity contribution in [3.63, 3.8) is 0 Å². The van der Waals surface area contributed by atoms with Crippen LogP contribution in [0.4, 0.5) is 5.69 Å². The summed E-state index contributed by atoms with van der Waals surface area (Å²) in [6.07, 6.45) is 3.44. The first-order chi connectivity index (χ1) is 12.7. The summed E-state index contributed by atoms with van der Waals surface area (Å²) in [6, 6.07) is 21.6. The maximum absolute atomic E-state index is 5.75. The third-order valence-electron chi connectivity index (χ3n) is 4.37. The van der Waals surface area contributed by atoms with E-state index >= 15 is 0 Å². The van der Waals surface area contributed by atoms with Crippen molar-refractivity contribution in [1.82, 2.24) is 3.96 Å². The van der Waals surface area contributed by atoms with E-state index in [1.807, 2.05) is 0 Å². The first kappa shape index (κ1) is 18.9. The van der Waals surface area contributed by atoms with Crippen molar-refractivity contribution in [3.8, 4) is 10.4 Å². The third kappa shape index (κ3) is 4.63. The van der Waals surface area contributed by atoms with E-state index < -0.39 is 0 Å². The second-order valence-electron chi connectivity index (χ2n) is 6.76. The second-order valence-corrected chi connectivity index (χ2v) is 8.13. The monoisotopic (exact) mass is 382 g/mol. The molecule has 0 bridgehead atoms. The van der Waals surface area contributed by atoms with Crippen LogP contribution in [0, 0.1) is 4.64 Å². The number of hydrogen-bond donors (Lipinski definition) is 1. The third-order valence-corrected chi connectivity index (χ3v) is 6.31. The predicted octanol–water partition coefficient (Wildman–Crippen LogP) is 6.96. The van der Waals surface area contributed by atoms with Gasteiger partial charge in [-0.2, -0.15) is 0 Å². The van der Waals surface area contributed by atoms with Gasteiger partial charge in [0.05, 0.1) is 10.6 Å². The topological polar surface area (TPSA) is 17.0 Å². The van der Waals surface area contributed by atoms with Gasteiger partial charge in [0.1, 0.15) is 4.64 Å². The van der Waals surface area contributed by atoms with Gasteiger partial charge in [-0.15, -0.1) is 0 Å². The lowest BCUT2D eigenvalue weighted by Crippen LogP contribution is -2.04. The Labute approximate surface area is 165 Å². The van der Waals surface area contributed by atoms with E-state index in [0.717, 1.165) is 29.7 Å². The lowest BCUT2D eigenvalue weighted by molar-refractivity contribution is 0.644. The number of hydrogen-bond acceptors (Lipinski definition) is 3. The molecule has 3 rings (SSSR count). The Morgan fingerprint density at radius 3 is 2.27 bits per heavy atom. The molecule has 2 nitrogen and oxygen atoms in total. The molecule has 0 unspecified atom stereocenters. The summed E-state index contributed by atoms with van der Waals surface area (Å²) in [4.78, 5) is 1.24. The average molecular weight is 383 g/mol. The summed E-state index contributed by atoms with van der Waals surface area (Å²) in [5, 5.41) is 3.63. The van der Waals surface area contributed by atoms with Gasteiger partial charge < -0.3 is 5.32 Å². The van der Waals surface area contributed by atoms with Gasteiger partial charge in [-0.3, -0.25) is 3.96 Å². The molecular formula is C22H26N2S2. The Kier molecular flexibility index (Phi) is 6.64. The van der Waals surface area contributed by atoms with E-state index in [1.54, 1.807) is 11.5 Å². The van der Waals surface area contributed by atoms with Crippen LogP contribution in [0.25, 0.3) is 10.4 Å². The van der Waals surface area contributed by atoms with Crippen LogP contribution in [0.3, 0.4) is 0 Å². The molecule has 0 spiro atoms. The Hall–Kier alpha value is -1.91. The molecular weight excluding hydrogens is 356 g/mol. The van der Waals surface area contributed by atoms with Crippen LogP contribution in [0.2, 0.25) is 0 Å². The number of unbranched alkanes of at least 4 members (excludes halogenated alkanes) is 1. The molecule has 0 aliphatic heterocycles. The second kappa shape index (κ2) is 9.15. The van der Waals surface area contributed by atoms with Gasteiger partial charge in [0.2, 0.25) is 0 Å². The summed E-state index contributed by atoms with van der Waals surface area (Å²) in [5.74, 6) is 0. The highest BCUT2D eigenvalue weighted by molar-refractivity contribution is 7.71. The molecule has 0 atom stereocenters. The van der Waals surface area contributed by atoms with Gasteiger partial charge in [0.25, 0.3) is 0 Å². The van der Waals surface area contributed by atoms with Crippen LogP contribution < -0.4 is 5.32 Å². The minimum absolute atomic E-state index is 0.378. The Morgan fingerprint density at radius 1 is 0.962 bits per heavy atom. The molecule has 0 saturated carbocycles. The van der Waals surface area contributed by atoms with Crippen molar-refractivity contribution in [2.75, 3.05) is 11.9 Å². The molecule has 2 aromatic carbocycles. The molecule has 3 aromatic rings. The molecule has 4 heteroatoms. The van der Waals surface area contributed by atoms with Crippen LogP contribution in [-0.2, 0) is 6.42 Å². The minimum Gasteiger partial charge on any atom is -0.381 e. The van der Waals surface area contributed by atoms with Gasteiger partial charge in [-0.1, -0.05) is 84.4 Å². The predicted molar refractivity (Wildman–Crippen MR) is 117 cm³/mol. The molecule has 0 fully saturated rings. The molecule has 26 heavy (non-hydrogen) atoms. The summed E-state index contributed by atoms with van der Waals surface area (Å²) in [6.45, 7) is 5.32. The summed E-state index contributed by atoms with van der Waals surface area (Å²) >= 11 is 7.51. The van der Waals surface area contributed by atoms with E-state index in [4.69, 9.17) is 12.2 Å². The lowest BCUT2D eigenvalue weighted by Gasteiger charge is -2.07. The van der Waals surface area contributed by atoms with Gasteiger partial charge in [0, 0.05) is 12.6 Å². The normalized spacial score (nSPS) is 11.0. The Balaban J connectivity index is 1.67. The zero-order chi connectivity index (χ0) is 18.4. The highest BCUT2D eigenvalue weighted by Gasteiger charge is 2.15. The molecule has 0 amide bonds. The fourth-order valence-corrected chi connectivity index (χ4v) is 4.63. The molecule has 136 valence electrons. The number of anilines is 1. The Bertz CT molecular complexity index is 864. The fraction of sp³-hybridized carbons (Fsp3) is 0.318. The van der Waals surface area contributed by atoms with Crippen molar-refractivity contribution in [1.29, 1.82) is 0 Å². The van der Waals surface area contributed by atoms with Crippen LogP contribution >= 0.6 is 23.8 Å². The fourth-order valence-electron chi connectivity index (χ4n) is 2.99. The van der Waals surface area contributed by atoms with E-state index in [0.29, 0.717) is 6.04 Å². The minimum atomic E-state index is 0.378. The van der Waals surface area contributed by atoms with Crippen molar-refractivity contribution in [3.05, 3.63) is 70.9 Å². The number of nitrogens with one attached hydrogen (secondary N) is 1. The van der Waals surface area contributed by atoms with Crippen LogP contribution in [-0.4, -0.2) is 10.5 Å². The first-order valence-electron chi connectivity index (χ1n) is 9.26. The van der Waals surface area contributed by atoms with Crippen LogP contribution in [0.5, 0.6) is 0 Å². The number of aryl methyl sites for hydroxylation is 1. The highest BCUT2D eigenvalue weighted by atomic mass is 32.1. The maximum atomic E-state index is 5.75. The van der Waals surface area contributed by atoms with Crippen molar-refractivity contribution in [2.45, 2.75) is 39.2 Å². The van der Waals surface area contributed by atoms with E-state index in [9.17, 15) is 0 Å². The zero-order valence-electron chi connectivity index (χ0n) is 15.4. The Morgan fingerprint density at radius 2 is 1.62 bits per heavy atom. The van der Waals surface area contributed by atoms with Gasteiger partial charge in [0.15, 0.2) is 0 Å². The molecule has 1 heterocycles. The number of benzene rings is 2. The van der Waals surface area contributed by atoms with Crippen molar-refractivity contribution >= 4 is 29.4 Å². The van der Waals surface area contributed by atoms with E-state index in [2.05, 4.69) is 83.8 Å². The largest absolute Gasteiger partial charge is 0.381 e. The first-order valence-corrected chi connectivity index (χ1v) is 10.4. The van der Waals surface area contributed by atoms with Gasteiger partial charge in [-0.25, -0.2) is 0 Å². The van der Waals surface area contributed by atoms with Crippen molar-refractivity contribution < 1.29 is 0 Å². The molecule has 0 saturated heterocycles. The maximum Gasteiger partial charge on any atom is 0.140 e. The quantitative estimate of drug-likeness (QED) is 0.335. The molecule has 1 N–H and O–H groups in total. The molecule has 0 aliphatic carbocycles. The summed E-state index contributed by atoms with van der Waals surface area (Å²) in [7, 11) is 0. The zero-order valence-corrected chi connectivity index (χ0v) is 17.1. The SMILES string of the molecule is CC(C)n1sc(-c2ccccc2)c(NCCCCc2ccccc2)c1=S. The standard InChI is InChI=1S/C22H26N2S2/c1-17(2)24-22(25)20(21(26-24)19-14-7-4-8-15-19)23-16-10-9-13-18-11-5-3-6-12-18/h3-8,11-12,14-15,17,23H,9-10,13,16H2,1-2H3. The van der Waals surface area contributed by atoms with E-state index in [1.165, 1.54) is 22.4 Å². The smallest absolute Gasteiger partial charge is 0.140 e. The number of nitrogens with zero attached hydrogens (tertiary/aromatic N) is 1. The average Bonchev–Trinajstić information content (AvgIpc) is 3.00. The summed E-state index contributed by atoms with van der Waals surface area (Å²) < 4.78 is 3.15. The molecule has 0 radical (unpaired) electrons. The van der Waals surface area contributed by atoms with Gasteiger partial charge in [-0.05, 0) is 44.2 Å². The molecule has 0 aliphatic rings.